The molecule has 2 atom stereocenters. The summed E-state index contributed by atoms with van der Waals surface area (Å²) in [5.74, 6) is -0.114. The van der Waals surface area contributed by atoms with Gasteiger partial charge in [-0.3, -0.25) is 4.90 Å². The smallest absolute Gasteiger partial charge is 0.127 e. The van der Waals surface area contributed by atoms with Gasteiger partial charge in [-0.25, -0.2) is 4.39 Å². The fourth-order valence-corrected chi connectivity index (χ4v) is 2.51. The summed E-state index contributed by atoms with van der Waals surface area (Å²) in [4.78, 5) is 2.25. The lowest BCUT2D eigenvalue weighted by molar-refractivity contribution is 0.146. The molecule has 3 heteroatoms. The normalized spacial score (nSPS) is 16.1. The van der Waals surface area contributed by atoms with Crippen molar-refractivity contribution in [1.82, 2.24) is 10.2 Å². The van der Waals surface area contributed by atoms with Crippen molar-refractivity contribution in [3.8, 4) is 0 Å². The SMILES string of the molecule is CCNCC(C)(CC)CN(C)C(C)c1ccccc1F. The zero-order chi connectivity index (χ0) is 15.2. The van der Waals surface area contributed by atoms with Crippen molar-refractivity contribution in [3.63, 3.8) is 0 Å². The molecule has 2 nitrogen and oxygen atoms in total. The molecule has 0 spiro atoms. The molecule has 1 aromatic carbocycles. The highest BCUT2D eigenvalue weighted by Gasteiger charge is 2.26. The summed E-state index contributed by atoms with van der Waals surface area (Å²) < 4.78 is 13.9. The highest BCUT2D eigenvalue weighted by molar-refractivity contribution is 5.20. The van der Waals surface area contributed by atoms with Gasteiger partial charge in [0.05, 0.1) is 0 Å². The highest BCUT2D eigenvalue weighted by atomic mass is 19.1. The first-order valence-electron chi connectivity index (χ1n) is 7.59. The zero-order valence-electron chi connectivity index (χ0n) is 13.5. The molecule has 20 heavy (non-hydrogen) atoms. The Morgan fingerprint density at radius 2 is 1.95 bits per heavy atom. The van der Waals surface area contributed by atoms with Gasteiger partial charge in [-0.1, -0.05) is 39.0 Å². The molecule has 0 amide bonds. The number of hydrogen-bond donors (Lipinski definition) is 1. The van der Waals surface area contributed by atoms with E-state index >= 15 is 0 Å². The molecule has 0 fully saturated rings. The van der Waals surface area contributed by atoms with Crippen LogP contribution < -0.4 is 5.32 Å². The standard InChI is InChI=1S/C17H29FN2/c1-6-17(4,12-19-7-2)13-20(5)14(3)15-10-8-9-11-16(15)18/h8-11,14,19H,6-7,12-13H2,1-5H3. The van der Waals surface area contributed by atoms with Gasteiger partial charge in [0, 0.05) is 24.7 Å². The molecular formula is C17H29FN2. The van der Waals surface area contributed by atoms with Crippen LogP contribution in [0, 0.1) is 11.2 Å². The second kappa shape index (κ2) is 7.75. The molecule has 0 heterocycles. The summed E-state index contributed by atoms with van der Waals surface area (Å²) in [6.45, 7) is 11.6. The Bertz CT molecular complexity index is 408. The number of halogens is 1. The van der Waals surface area contributed by atoms with Crippen molar-refractivity contribution in [3.05, 3.63) is 35.6 Å². The largest absolute Gasteiger partial charge is 0.316 e. The van der Waals surface area contributed by atoms with Gasteiger partial charge in [0.2, 0.25) is 0 Å². The third-order valence-electron chi connectivity index (χ3n) is 4.30. The van der Waals surface area contributed by atoms with Crippen molar-refractivity contribution in [2.45, 2.75) is 40.2 Å². The van der Waals surface area contributed by atoms with Gasteiger partial charge in [-0.15, -0.1) is 0 Å². The molecule has 0 radical (unpaired) electrons. The molecule has 0 saturated heterocycles. The van der Waals surface area contributed by atoms with Crippen molar-refractivity contribution in [1.29, 1.82) is 0 Å². The number of benzene rings is 1. The zero-order valence-corrected chi connectivity index (χ0v) is 13.5. The molecule has 0 aromatic heterocycles. The number of nitrogens with one attached hydrogen (secondary N) is 1. The van der Waals surface area contributed by atoms with Crippen LogP contribution in [0.3, 0.4) is 0 Å². The Balaban J connectivity index is 2.74. The summed E-state index contributed by atoms with van der Waals surface area (Å²) >= 11 is 0. The molecule has 0 aliphatic rings. The fourth-order valence-electron chi connectivity index (χ4n) is 2.51. The molecule has 0 aliphatic carbocycles. The molecule has 0 bridgehead atoms. The van der Waals surface area contributed by atoms with E-state index in [2.05, 4.69) is 45.0 Å². The Labute approximate surface area is 123 Å². The van der Waals surface area contributed by atoms with Crippen LogP contribution in [0.5, 0.6) is 0 Å². The number of nitrogens with zero attached hydrogens (tertiary/aromatic N) is 1. The third-order valence-corrected chi connectivity index (χ3v) is 4.30. The first-order valence-corrected chi connectivity index (χ1v) is 7.59. The maximum absolute atomic E-state index is 13.9. The van der Waals surface area contributed by atoms with Crippen molar-refractivity contribution in [2.75, 3.05) is 26.7 Å². The Morgan fingerprint density at radius 1 is 1.30 bits per heavy atom. The minimum Gasteiger partial charge on any atom is -0.316 e. The van der Waals surface area contributed by atoms with E-state index in [1.54, 1.807) is 6.07 Å². The van der Waals surface area contributed by atoms with E-state index in [-0.39, 0.29) is 17.3 Å². The average Bonchev–Trinajstić information content (AvgIpc) is 2.45. The van der Waals surface area contributed by atoms with E-state index in [0.29, 0.717) is 0 Å². The molecule has 1 rings (SSSR count). The van der Waals surface area contributed by atoms with E-state index in [9.17, 15) is 4.39 Å². The average molecular weight is 280 g/mol. The van der Waals surface area contributed by atoms with Gasteiger partial charge in [-0.2, -0.15) is 0 Å². The van der Waals surface area contributed by atoms with Crippen LogP contribution in [0.2, 0.25) is 0 Å². The quantitative estimate of drug-likeness (QED) is 0.778. The van der Waals surface area contributed by atoms with Crippen molar-refractivity contribution < 1.29 is 4.39 Å². The topological polar surface area (TPSA) is 15.3 Å². The number of rotatable bonds is 8. The van der Waals surface area contributed by atoms with E-state index < -0.39 is 0 Å². The van der Waals surface area contributed by atoms with E-state index in [1.807, 2.05) is 12.1 Å². The second-order valence-electron chi connectivity index (χ2n) is 6.06. The minimum atomic E-state index is -0.114. The predicted molar refractivity (Wildman–Crippen MR) is 84.4 cm³/mol. The van der Waals surface area contributed by atoms with Gasteiger partial charge >= 0.3 is 0 Å². The summed E-state index contributed by atoms with van der Waals surface area (Å²) in [7, 11) is 2.08. The Morgan fingerprint density at radius 3 is 2.50 bits per heavy atom. The highest BCUT2D eigenvalue weighted by Crippen LogP contribution is 2.27. The molecule has 2 unspecified atom stereocenters. The lowest BCUT2D eigenvalue weighted by Crippen LogP contribution is -2.41. The molecule has 0 saturated carbocycles. The Kier molecular flexibility index (Phi) is 6.63. The molecule has 114 valence electrons. The van der Waals surface area contributed by atoms with Crippen LogP contribution >= 0.6 is 0 Å². The van der Waals surface area contributed by atoms with Crippen LogP contribution in [0.25, 0.3) is 0 Å². The van der Waals surface area contributed by atoms with Gasteiger partial charge in [-0.05, 0) is 38.4 Å². The third kappa shape index (κ3) is 4.57. The van der Waals surface area contributed by atoms with Gasteiger partial charge in [0.1, 0.15) is 5.82 Å². The summed E-state index contributed by atoms with van der Waals surface area (Å²) in [6, 6.07) is 7.15. The van der Waals surface area contributed by atoms with E-state index in [1.165, 1.54) is 6.07 Å². The predicted octanol–water partition coefficient (Wildman–Crippen LogP) is 3.84. The molecule has 0 aliphatic heterocycles. The van der Waals surface area contributed by atoms with Gasteiger partial charge in [0.25, 0.3) is 0 Å². The summed E-state index contributed by atoms with van der Waals surface area (Å²) in [5.41, 5.74) is 0.987. The first-order chi connectivity index (χ1) is 9.43. The minimum absolute atomic E-state index is 0.0868. The van der Waals surface area contributed by atoms with Crippen molar-refractivity contribution >= 4 is 0 Å². The Hall–Kier alpha value is -0.930. The van der Waals surface area contributed by atoms with Crippen LogP contribution in [-0.2, 0) is 0 Å². The molecule has 1 N–H and O–H groups in total. The summed E-state index contributed by atoms with van der Waals surface area (Å²) in [5, 5.41) is 3.43. The maximum atomic E-state index is 13.9. The van der Waals surface area contributed by atoms with Crippen LogP contribution in [0.1, 0.15) is 45.7 Å². The lowest BCUT2D eigenvalue weighted by atomic mass is 9.86. The summed E-state index contributed by atoms with van der Waals surface area (Å²) in [6.07, 6.45) is 1.11. The first kappa shape index (κ1) is 17.1. The van der Waals surface area contributed by atoms with Crippen molar-refractivity contribution in [2.24, 2.45) is 5.41 Å². The lowest BCUT2D eigenvalue weighted by Gasteiger charge is -2.36. The maximum Gasteiger partial charge on any atom is 0.127 e. The van der Waals surface area contributed by atoms with Gasteiger partial charge < -0.3 is 5.32 Å². The fraction of sp³-hybridized carbons (Fsp3) is 0.647. The van der Waals surface area contributed by atoms with Gasteiger partial charge in [0.15, 0.2) is 0 Å². The molecular weight excluding hydrogens is 251 g/mol. The van der Waals surface area contributed by atoms with E-state index in [0.717, 1.165) is 31.6 Å². The van der Waals surface area contributed by atoms with Crippen LogP contribution in [0.4, 0.5) is 4.39 Å². The second-order valence-corrected chi connectivity index (χ2v) is 6.06. The van der Waals surface area contributed by atoms with Crippen LogP contribution in [0.15, 0.2) is 24.3 Å². The van der Waals surface area contributed by atoms with Crippen LogP contribution in [-0.4, -0.2) is 31.6 Å². The molecule has 1 aromatic rings. The monoisotopic (exact) mass is 280 g/mol. The number of hydrogen-bond acceptors (Lipinski definition) is 2. The van der Waals surface area contributed by atoms with E-state index in [4.69, 9.17) is 0 Å².